The van der Waals surface area contributed by atoms with Gasteiger partial charge in [0.1, 0.15) is 17.4 Å². The molecule has 8 rings (SSSR count). The van der Waals surface area contributed by atoms with Gasteiger partial charge in [-0.3, -0.25) is 24.5 Å². The average molecular weight is 728 g/mol. The summed E-state index contributed by atoms with van der Waals surface area (Å²) in [6.45, 7) is 7.95. The topological polar surface area (TPSA) is 136 Å². The van der Waals surface area contributed by atoms with E-state index in [1.165, 1.54) is 42.2 Å². The van der Waals surface area contributed by atoms with Crippen LogP contribution in [0.2, 0.25) is 0 Å². The second-order valence-corrected chi connectivity index (χ2v) is 14.2. The number of halogens is 2. The number of hydrogen-bond acceptors (Lipinski definition) is 10. The highest BCUT2D eigenvalue weighted by atomic mass is 19.1. The number of aromatic nitrogens is 5. The fraction of sp³-hybridized carbons (Fsp3) is 0.462. The van der Waals surface area contributed by atoms with Gasteiger partial charge in [-0.1, -0.05) is 0 Å². The van der Waals surface area contributed by atoms with Crippen molar-refractivity contribution < 1.29 is 13.5 Å². The van der Waals surface area contributed by atoms with E-state index in [9.17, 15) is 18.4 Å². The second-order valence-electron chi connectivity index (χ2n) is 14.2. The summed E-state index contributed by atoms with van der Waals surface area (Å²) in [5, 5.41) is 3.63. The second kappa shape index (κ2) is 17.0. The summed E-state index contributed by atoms with van der Waals surface area (Å²) in [6.07, 6.45) is 10.5. The molecule has 280 valence electrons. The van der Waals surface area contributed by atoms with Gasteiger partial charge >= 0.3 is 0 Å². The quantitative estimate of drug-likeness (QED) is 0.233. The Hall–Kier alpha value is -4.63. The zero-order chi connectivity index (χ0) is 36.7. The molecule has 0 bridgehead atoms. The van der Waals surface area contributed by atoms with Crippen LogP contribution < -0.4 is 26.9 Å². The van der Waals surface area contributed by atoms with Gasteiger partial charge in [-0.25, -0.2) is 8.78 Å². The fourth-order valence-corrected chi connectivity index (χ4v) is 7.38. The van der Waals surface area contributed by atoms with Crippen LogP contribution in [0.25, 0.3) is 22.1 Å². The molecule has 0 atom stereocenters. The minimum absolute atomic E-state index is 0.122. The van der Waals surface area contributed by atoms with Crippen LogP contribution in [0.5, 0.6) is 5.75 Å². The summed E-state index contributed by atoms with van der Waals surface area (Å²) in [4.78, 5) is 41.7. The lowest BCUT2D eigenvalue weighted by molar-refractivity contribution is 0.191. The molecule has 0 radical (unpaired) electrons. The van der Waals surface area contributed by atoms with Crippen molar-refractivity contribution in [1.82, 2.24) is 39.2 Å². The van der Waals surface area contributed by atoms with E-state index in [4.69, 9.17) is 10.5 Å². The Morgan fingerprint density at radius 2 is 1.30 bits per heavy atom. The van der Waals surface area contributed by atoms with Gasteiger partial charge in [0.2, 0.25) is 0 Å². The van der Waals surface area contributed by atoms with E-state index in [2.05, 4.69) is 36.1 Å². The Morgan fingerprint density at radius 3 is 1.89 bits per heavy atom. The Morgan fingerprint density at radius 1 is 0.736 bits per heavy atom. The van der Waals surface area contributed by atoms with Gasteiger partial charge < -0.3 is 34.7 Å². The monoisotopic (exact) mass is 727 g/mol. The van der Waals surface area contributed by atoms with Crippen molar-refractivity contribution in [3.8, 4) is 5.75 Å². The van der Waals surface area contributed by atoms with Gasteiger partial charge in [0.25, 0.3) is 11.1 Å². The molecule has 3 aliphatic heterocycles. The third-order valence-electron chi connectivity index (χ3n) is 10.5. The number of rotatable bonds is 9. The summed E-state index contributed by atoms with van der Waals surface area (Å²) >= 11 is 0. The molecule has 0 amide bonds. The average Bonchev–Trinajstić information content (AvgIpc) is 3.17. The molecule has 3 aliphatic rings. The third-order valence-corrected chi connectivity index (χ3v) is 10.5. The van der Waals surface area contributed by atoms with Gasteiger partial charge in [-0.2, -0.15) is 0 Å². The summed E-state index contributed by atoms with van der Waals surface area (Å²) in [5.41, 5.74) is 10.2. The van der Waals surface area contributed by atoms with E-state index in [-0.39, 0.29) is 11.1 Å². The van der Waals surface area contributed by atoms with Crippen LogP contribution in [0.3, 0.4) is 0 Å². The van der Waals surface area contributed by atoms with Crippen molar-refractivity contribution in [2.75, 3.05) is 45.9 Å². The number of nitrogens with two attached hydrogens (primary N) is 1. The number of fused-ring (bicyclic) bond motifs is 3. The van der Waals surface area contributed by atoms with Crippen LogP contribution in [0, 0.1) is 11.6 Å². The zero-order valence-electron chi connectivity index (χ0n) is 29.9. The van der Waals surface area contributed by atoms with Crippen LogP contribution >= 0.6 is 0 Å². The number of aryl methyl sites for hydroxylation is 1. The lowest BCUT2D eigenvalue weighted by Gasteiger charge is -2.32. The lowest BCUT2D eigenvalue weighted by Crippen LogP contribution is -2.43. The molecular formula is C39H47F2N9O3. The molecule has 53 heavy (non-hydrogen) atoms. The van der Waals surface area contributed by atoms with Crippen molar-refractivity contribution in [3.63, 3.8) is 0 Å². The SMILES string of the molecule is NC1CCN(CCn2c(=O)ccc3ncc(F)cc32)CC1.O=c1ccc2ncc(F)cc2n1CCN1CCC(NCc2cc3c(cn2)CCCO3)CC1. The van der Waals surface area contributed by atoms with Gasteiger partial charge in [-0.15, -0.1) is 0 Å². The van der Waals surface area contributed by atoms with E-state index in [1.54, 1.807) is 21.3 Å². The van der Waals surface area contributed by atoms with Crippen LogP contribution in [0.15, 0.2) is 70.6 Å². The molecule has 0 unspecified atom stereocenters. The standard InChI is InChI=1S/C24H28FN5O2.C15H19FN4O/c25-18-12-22-21(28-15-18)3-4-24(31)30(22)10-9-29-7-5-19(6-8-29)27-16-20-13-23-17(14-26-20)2-1-11-32-23;16-11-9-14-13(18-10-11)1-2-15(21)20(14)8-7-19-5-3-12(17)4-6-19/h3-4,12-15,19,27H,1-2,5-11,16H2;1-2,9-10,12H,3-8,17H2. The summed E-state index contributed by atoms with van der Waals surface area (Å²) in [6, 6.07) is 11.8. The largest absolute Gasteiger partial charge is 0.493 e. The molecule has 3 N–H and O–H groups in total. The Labute approximate surface area is 306 Å². The maximum Gasteiger partial charge on any atom is 0.251 e. The van der Waals surface area contributed by atoms with Crippen molar-refractivity contribution in [2.45, 2.75) is 70.2 Å². The Kier molecular flexibility index (Phi) is 11.8. The molecule has 5 aromatic heterocycles. The highest BCUT2D eigenvalue weighted by Gasteiger charge is 2.20. The lowest BCUT2D eigenvalue weighted by atomic mass is 10.0. The van der Waals surface area contributed by atoms with Crippen LogP contribution in [-0.4, -0.2) is 91.8 Å². The number of ether oxygens (including phenoxy) is 1. The number of nitrogens with one attached hydrogen (secondary N) is 1. The maximum atomic E-state index is 13.7. The summed E-state index contributed by atoms with van der Waals surface area (Å²) in [5.74, 6) is 0.131. The van der Waals surface area contributed by atoms with Gasteiger partial charge in [0, 0.05) is 86.9 Å². The Bertz CT molecular complexity index is 2140. The first kappa shape index (κ1) is 36.7. The molecule has 14 heteroatoms. The number of likely N-dealkylation sites (tertiary alicyclic amines) is 2. The van der Waals surface area contributed by atoms with Gasteiger partial charge in [0.15, 0.2) is 0 Å². The Balaban J connectivity index is 0.000000179. The molecule has 12 nitrogen and oxygen atoms in total. The van der Waals surface area contributed by atoms with Crippen LogP contribution in [-0.2, 0) is 26.1 Å². The van der Waals surface area contributed by atoms with E-state index < -0.39 is 11.6 Å². The minimum atomic E-state index is -0.427. The molecule has 0 saturated carbocycles. The van der Waals surface area contributed by atoms with E-state index in [0.29, 0.717) is 47.2 Å². The number of hydrogen-bond donors (Lipinski definition) is 2. The normalized spacial score (nSPS) is 17.3. The molecule has 8 heterocycles. The number of nitrogens with zero attached hydrogens (tertiary/aromatic N) is 7. The molecule has 2 saturated heterocycles. The molecule has 0 aromatic carbocycles. The van der Waals surface area contributed by atoms with Crippen LogP contribution in [0.4, 0.5) is 8.78 Å². The molecular weight excluding hydrogens is 680 g/mol. The van der Waals surface area contributed by atoms with E-state index >= 15 is 0 Å². The first-order chi connectivity index (χ1) is 25.8. The predicted molar refractivity (Wildman–Crippen MR) is 200 cm³/mol. The molecule has 0 aliphatic carbocycles. The number of piperidine rings is 2. The van der Waals surface area contributed by atoms with Gasteiger partial charge in [-0.05, 0) is 76.8 Å². The zero-order valence-corrected chi connectivity index (χ0v) is 29.9. The van der Waals surface area contributed by atoms with Crippen molar-refractivity contribution in [3.05, 3.63) is 105 Å². The van der Waals surface area contributed by atoms with Crippen molar-refractivity contribution >= 4 is 22.1 Å². The van der Waals surface area contributed by atoms with E-state index in [1.807, 2.05) is 6.20 Å². The smallest absolute Gasteiger partial charge is 0.251 e. The molecule has 0 spiro atoms. The fourth-order valence-electron chi connectivity index (χ4n) is 7.38. The summed E-state index contributed by atoms with van der Waals surface area (Å²) in [7, 11) is 0. The van der Waals surface area contributed by atoms with Gasteiger partial charge in [0.05, 0.1) is 46.8 Å². The molecule has 5 aromatic rings. The first-order valence-corrected chi connectivity index (χ1v) is 18.6. The highest BCUT2D eigenvalue weighted by molar-refractivity contribution is 5.74. The van der Waals surface area contributed by atoms with Crippen LogP contribution in [0.1, 0.15) is 43.4 Å². The summed E-state index contributed by atoms with van der Waals surface area (Å²) < 4.78 is 36.0. The molecule has 2 fully saturated rings. The minimum Gasteiger partial charge on any atom is -0.493 e. The van der Waals surface area contributed by atoms with E-state index in [0.717, 1.165) is 102 Å². The maximum absolute atomic E-state index is 13.7. The predicted octanol–water partition coefficient (Wildman–Crippen LogP) is 3.47. The highest BCUT2D eigenvalue weighted by Crippen LogP contribution is 2.24. The van der Waals surface area contributed by atoms with Crippen molar-refractivity contribution in [2.24, 2.45) is 5.73 Å². The first-order valence-electron chi connectivity index (χ1n) is 18.6. The van der Waals surface area contributed by atoms with Crippen molar-refractivity contribution in [1.29, 1.82) is 0 Å². The third kappa shape index (κ3) is 9.30. The number of pyridine rings is 5.